The third kappa shape index (κ3) is 4.06. The Morgan fingerprint density at radius 2 is 2.00 bits per heavy atom. The summed E-state index contributed by atoms with van der Waals surface area (Å²) in [6.45, 7) is 1.53. The van der Waals surface area contributed by atoms with Crippen molar-refractivity contribution < 1.29 is 19.8 Å². The second-order valence-corrected chi connectivity index (χ2v) is 3.82. The smallest absolute Gasteiger partial charge is 0.326 e. The van der Waals surface area contributed by atoms with E-state index in [1.807, 2.05) is 19.1 Å². The monoisotopic (exact) mass is 252 g/mol. The van der Waals surface area contributed by atoms with Gasteiger partial charge in [-0.25, -0.2) is 9.59 Å². The van der Waals surface area contributed by atoms with Gasteiger partial charge in [0.05, 0.1) is 0 Å². The van der Waals surface area contributed by atoms with Gasteiger partial charge in [-0.05, 0) is 18.6 Å². The van der Waals surface area contributed by atoms with Gasteiger partial charge in [0.2, 0.25) is 0 Å². The standard InChI is InChI=1S/C12H16N2O4/c1-8-4-2-3-5-9(8)13-12(18)14-10(6-7-15)11(16)17/h2-5,10,15H,6-7H2,1H3,(H,16,17)(H2,13,14,18)/t10-/m1/s1. The number of rotatable bonds is 5. The van der Waals surface area contributed by atoms with Crippen molar-refractivity contribution in [2.45, 2.75) is 19.4 Å². The lowest BCUT2D eigenvalue weighted by atomic mass is 10.2. The van der Waals surface area contributed by atoms with Crippen LogP contribution < -0.4 is 10.6 Å². The molecular formula is C12H16N2O4. The second-order valence-electron chi connectivity index (χ2n) is 3.82. The first-order valence-electron chi connectivity index (χ1n) is 5.51. The van der Waals surface area contributed by atoms with Crippen molar-refractivity contribution in [3.63, 3.8) is 0 Å². The van der Waals surface area contributed by atoms with Crippen molar-refractivity contribution in [2.24, 2.45) is 0 Å². The van der Waals surface area contributed by atoms with Crippen molar-refractivity contribution in [1.82, 2.24) is 5.32 Å². The molecule has 0 aliphatic heterocycles. The normalized spacial score (nSPS) is 11.7. The zero-order valence-corrected chi connectivity index (χ0v) is 10.0. The maximum Gasteiger partial charge on any atom is 0.326 e. The average molecular weight is 252 g/mol. The molecule has 4 N–H and O–H groups in total. The van der Waals surface area contributed by atoms with Gasteiger partial charge in [0.15, 0.2) is 0 Å². The predicted molar refractivity (Wildman–Crippen MR) is 66.5 cm³/mol. The Hall–Kier alpha value is -2.08. The molecule has 0 radical (unpaired) electrons. The van der Waals surface area contributed by atoms with E-state index in [2.05, 4.69) is 10.6 Å². The Bertz CT molecular complexity index is 434. The van der Waals surface area contributed by atoms with Crippen molar-refractivity contribution in [3.8, 4) is 0 Å². The Morgan fingerprint density at radius 1 is 1.33 bits per heavy atom. The van der Waals surface area contributed by atoms with Crippen LogP contribution in [0.5, 0.6) is 0 Å². The highest BCUT2D eigenvalue weighted by atomic mass is 16.4. The van der Waals surface area contributed by atoms with E-state index in [0.29, 0.717) is 5.69 Å². The second kappa shape index (κ2) is 6.61. The minimum Gasteiger partial charge on any atom is -0.480 e. The van der Waals surface area contributed by atoms with Crippen molar-refractivity contribution in [2.75, 3.05) is 11.9 Å². The fourth-order valence-corrected chi connectivity index (χ4v) is 1.42. The van der Waals surface area contributed by atoms with Gasteiger partial charge in [-0.15, -0.1) is 0 Å². The number of aliphatic hydroxyl groups is 1. The van der Waals surface area contributed by atoms with Gasteiger partial charge < -0.3 is 20.8 Å². The number of nitrogens with one attached hydrogen (secondary N) is 2. The van der Waals surface area contributed by atoms with Crippen LogP contribution in [-0.2, 0) is 4.79 Å². The van der Waals surface area contributed by atoms with Gasteiger partial charge in [0.25, 0.3) is 0 Å². The zero-order chi connectivity index (χ0) is 13.5. The minimum absolute atomic E-state index is 0.0312. The first-order valence-corrected chi connectivity index (χ1v) is 5.51. The average Bonchev–Trinajstić information content (AvgIpc) is 2.31. The molecule has 0 saturated carbocycles. The molecule has 0 saturated heterocycles. The van der Waals surface area contributed by atoms with E-state index in [-0.39, 0.29) is 13.0 Å². The number of aliphatic carboxylic acids is 1. The molecule has 1 aromatic carbocycles. The molecule has 2 amide bonds. The lowest BCUT2D eigenvalue weighted by molar-refractivity contribution is -0.139. The molecule has 0 spiro atoms. The quantitative estimate of drug-likeness (QED) is 0.627. The summed E-state index contributed by atoms with van der Waals surface area (Å²) < 4.78 is 0. The van der Waals surface area contributed by atoms with E-state index in [0.717, 1.165) is 5.56 Å². The van der Waals surface area contributed by atoms with E-state index in [9.17, 15) is 9.59 Å². The van der Waals surface area contributed by atoms with Crippen LogP contribution in [-0.4, -0.2) is 34.9 Å². The number of aryl methyl sites for hydroxylation is 1. The number of para-hydroxylation sites is 1. The van der Waals surface area contributed by atoms with Crippen LogP contribution >= 0.6 is 0 Å². The highest BCUT2D eigenvalue weighted by Gasteiger charge is 2.19. The number of benzene rings is 1. The molecule has 1 rings (SSSR count). The van der Waals surface area contributed by atoms with E-state index in [4.69, 9.17) is 10.2 Å². The number of hydrogen-bond acceptors (Lipinski definition) is 3. The molecular weight excluding hydrogens is 236 g/mol. The number of carboxylic acid groups (broad SMARTS) is 1. The van der Waals surface area contributed by atoms with Crippen LogP contribution in [0.15, 0.2) is 24.3 Å². The number of carbonyl (C=O) groups excluding carboxylic acids is 1. The molecule has 0 aliphatic carbocycles. The number of carboxylic acids is 1. The van der Waals surface area contributed by atoms with Crippen molar-refractivity contribution in [3.05, 3.63) is 29.8 Å². The summed E-state index contributed by atoms with van der Waals surface area (Å²) >= 11 is 0. The number of hydrogen-bond donors (Lipinski definition) is 4. The topological polar surface area (TPSA) is 98.7 Å². The lowest BCUT2D eigenvalue weighted by Crippen LogP contribution is -2.43. The van der Waals surface area contributed by atoms with Gasteiger partial charge in [0.1, 0.15) is 6.04 Å². The molecule has 0 unspecified atom stereocenters. The molecule has 6 nitrogen and oxygen atoms in total. The van der Waals surface area contributed by atoms with Crippen molar-refractivity contribution in [1.29, 1.82) is 0 Å². The Kier molecular flexibility index (Phi) is 5.13. The van der Waals surface area contributed by atoms with Crippen LogP contribution in [0.4, 0.5) is 10.5 Å². The van der Waals surface area contributed by atoms with E-state index in [1.165, 1.54) is 0 Å². The molecule has 0 fully saturated rings. The van der Waals surface area contributed by atoms with E-state index < -0.39 is 18.0 Å². The molecule has 0 aliphatic rings. The maximum atomic E-state index is 11.6. The number of carbonyl (C=O) groups is 2. The van der Waals surface area contributed by atoms with Gasteiger partial charge in [0, 0.05) is 18.7 Å². The third-order valence-electron chi connectivity index (χ3n) is 2.41. The number of urea groups is 1. The largest absolute Gasteiger partial charge is 0.480 e. The van der Waals surface area contributed by atoms with Crippen LogP contribution in [0.3, 0.4) is 0 Å². The number of amides is 2. The van der Waals surface area contributed by atoms with Crippen LogP contribution in [0, 0.1) is 6.92 Å². The van der Waals surface area contributed by atoms with Gasteiger partial charge in [-0.2, -0.15) is 0 Å². The van der Waals surface area contributed by atoms with E-state index in [1.54, 1.807) is 12.1 Å². The molecule has 18 heavy (non-hydrogen) atoms. The van der Waals surface area contributed by atoms with Gasteiger partial charge in [-0.1, -0.05) is 18.2 Å². The summed E-state index contributed by atoms with van der Waals surface area (Å²) in [4.78, 5) is 22.4. The minimum atomic E-state index is -1.18. The highest BCUT2D eigenvalue weighted by Crippen LogP contribution is 2.12. The Labute approximate surface area is 105 Å². The van der Waals surface area contributed by atoms with Gasteiger partial charge in [-0.3, -0.25) is 0 Å². The summed E-state index contributed by atoms with van der Waals surface area (Å²) in [5, 5.41) is 22.4. The summed E-state index contributed by atoms with van der Waals surface area (Å²) in [5.41, 5.74) is 1.49. The maximum absolute atomic E-state index is 11.6. The number of aliphatic hydroxyl groups excluding tert-OH is 1. The molecule has 98 valence electrons. The fraction of sp³-hybridized carbons (Fsp3) is 0.333. The number of anilines is 1. The highest BCUT2D eigenvalue weighted by molar-refractivity contribution is 5.92. The molecule has 6 heteroatoms. The molecule has 0 bridgehead atoms. The molecule has 1 atom stereocenters. The van der Waals surface area contributed by atoms with Crippen LogP contribution in [0.25, 0.3) is 0 Å². The van der Waals surface area contributed by atoms with E-state index >= 15 is 0 Å². The summed E-state index contributed by atoms with van der Waals surface area (Å²) in [7, 11) is 0. The summed E-state index contributed by atoms with van der Waals surface area (Å²) in [6, 6.07) is 5.45. The summed E-state index contributed by atoms with van der Waals surface area (Å²) in [6.07, 6.45) is -0.0312. The first kappa shape index (κ1) is 14.0. The lowest BCUT2D eigenvalue weighted by Gasteiger charge is -2.14. The summed E-state index contributed by atoms with van der Waals surface area (Å²) in [5.74, 6) is -1.18. The fourth-order valence-electron chi connectivity index (χ4n) is 1.42. The molecule has 0 aromatic heterocycles. The van der Waals surface area contributed by atoms with Crippen molar-refractivity contribution >= 4 is 17.7 Å². The van der Waals surface area contributed by atoms with Crippen LogP contribution in [0.2, 0.25) is 0 Å². The SMILES string of the molecule is Cc1ccccc1NC(=O)N[C@H](CCO)C(=O)O. The third-order valence-corrected chi connectivity index (χ3v) is 2.41. The molecule has 1 aromatic rings. The van der Waals surface area contributed by atoms with Crippen LogP contribution in [0.1, 0.15) is 12.0 Å². The predicted octanol–water partition coefficient (Wildman–Crippen LogP) is 0.952. The Balaban J connectivity index is 2.61. The zero-order valence-electron chi connectivity index (χ0n) is 10.0. The molecule has 0 heterocycles. The first-order chi connectivity index (χ1) is 8.54. The van der Waals surface area contributed by atoms with Gasteiger partial charge >= 0.3 is 12.0 Å². The Morgan fingerprint density at radius 3 is 2.56 bits per heavy atom.